The molecule has 0 aliphatic carbocycles. The maximum atomic E-state index is 12.6. The average Bonchev–Trinajstić information content (AvgIpc) is 2.43. The lowest BCUT2D eigenvalue weighted by Gasteiger charge is -2.10. The molecule has 0 fully saturated rings. The fourth-order valence-electron chi connectivity index (χ4n) is 1.67. The van der Waals surface area contributed by atoms with Crippen LogP contribution in [0.15, 0.2) is 23.2 Å². The van der Waals surface area contributed by atoms with E-state index >= 15 is 0 Å². The zero-order chi connectivity index (χ0) is 18.3. The fraction of sp³-hybridized carbons (Fsp3) is 0.400. The number of aliphatic imine (C=N–C) groups is 1. The standard InChI is InChI=1S/C15H15ClF3NO4/c1-3-23-13(21)6-9(2)20-14(22)24-8-10-4-5-11(12(16)7-10)15(17,18)19/h4-5,7H,3,6,8H2,1-2H3. The molecule has 0 atom stereocenters. The summed E-state index contributed by atoms with van der Waals surface area (Å²) in [5, 5.41) is -0.488. The highest BCUT2D eigenvalue weighted by atomic mass is 35.5. The summed E-state index contributed by atoms with van der Waals surface area (Å²) in [4.78, 5) is 26.2. The first-order valence-corrected chi connectivity index (χ1v) is 7.23. The molecule has 24 heavy (non-hydrogen) atoms. The molecule has 0 bridgehead atoms. The largest absolute Gasteiger partial charge is 0.466 e. The number of carbonyl (C=O) groups is 2. The van der Waals surface area contributed by atoms with Crippen molar-refractivity contribution in [2.45, 2.75) is 33.1 Å². The van der Waals surface area contributed by atoms with E-state index in [9.17, 15) is 22.8 Å². The lowest BCUT2D eigenvalue weighted by atomic mass is 10.1. The van der Waals surface area contributed by atoms with E-state index in [0.717, 1.165) is 18.2 Å². The van der Waals surface area contributed by atoms with Crippen LogP contribution in [0.25, 0.3) is 0 Å². The molecule has 0 radical (unpaired) electrons. The topological polar surface area (TPSA) is 65.0 Å². The van der Waals surface area contributed by atoms with Gasteiger partial charge in [-0.1, -0.05) is 17.7 Å². The lowest BCUT2D eigenvalue weighted by Crippen LogP contribution is -2.11. The number of benzene rings is 1. The minimum absolute atomic E-state index is 0.158. The van der Waals surface area contributed by atoms with Gasteiger partial charge in [0, 0.05) is 5.71 Å². The second-order valence-electron chi connectivity index (χ2n) is 4.70. The number of halogens is 4. The van der Waals surface area contributed by atoms with E-state index in [-0.39, 0.29) is 30.9 Å². The Morgan fingerprint density at radius 1 is 1.25 bits per heavy atom. The van der Waals surface area contributed by atoms with E-state index in [2.05, 4.69) is 4.99 Å². The molecular weight excluding hydrogens is 351 g/mol. The van der Waals surface area contributed by atoms with Gasteiger partial charge in [-0.15, -0.1) is 0 Å². The van der Waals surface area contributed by atoms with Crippen molar-refractivity contribution in [1.82, 2.24) is 0 Å². The van der Waals surface area contributed by atoms with Crippen LogP contribution in [0.1, 0.15) is 31.4 Å². The van der Waals surface area contributed by atoms with Crippen molar-refractivity contribution in [2.75, 3.05) is 6.61 Å². The van der Waals surface area contributed by atoms with Crippen molar-refractivity contribution in [3.05, 3.63) is 34.3 Å². The van der Waals surface area contributed by atoms with Crippen LogP contribution in [0.5, 0.6) is 0 Å². The second-order valence-corrected chi connectivity index (χ2v) is 5.10. The van der Waals surface area contributed by atoms with Crippen LogP contribution in [0.3, 0.4) is 0 Å². The predicted molar refractivity (Wildman–Crippen MR) is 81.0 cm³/mol. The van der Waals surface area contributed by atoms with Crippen LogP contribution in [-0.2, 0) is 27.1 Å². The molecule has 132 valence electrons. The number of carbonyl (C=O) groups excluding carboxylic acids is 2. The molecule has 0 aliphatic rings. The van der Waals surface area contributed by atoms with Crippen LogP contribution in [0.2, 0.25) is 5.02 Å². The first kappa shape index (κ1) is 20.0. The summed E-state index contributed by atoms with van der Waals surface area (Å²) in [6.45, 7) is 3.01. The summed E-state index contributed by atoms with van der Waals surface area (Å²) in [5.74, 6) is -0.527. The SMILES string of the molecule is CCOC(=O)CC(C)=NC(=O)OCc1ccc(C(F)(F)F)c(Cl)c1. The normalized spacial score (nSPS) is 12.0. The van der Waals surface area contributed by atoms with Gasteiger partial charge in [-0.2, -0.15) is 18.2 Å². The van der Waals surface area contributed by atoms with Gasteiger partial charge < -0.3 is 9.47 Å². The molecule has 0 saturated heterocycles. The summed E-state index contributed by atoms with van der Waals surface area (Å²) in [6, 6.07) is 3.02. The minimum atomic E-state index is -4.55. The van der Waals surface area contributed by atoms with E-state index in [1.165, 1.54) is 6.92 Å². The van der Waals surface area contributed by atoms with Gasteiger partial charge in [0.15, 0.2) is 0 Å². The predicted octanol–water partition coefficient (Wildman–Crippen LogP) is 4.41. The van der Waals surface area contributed by atoms with Crippen molar-refractivity contribution < 1.29 is 32.2 Å². The van der Waals surface area contributed by atoms with Crippen LogP contribution in [0.4, 0.5) is 18.0 Å². The highest BCUT2D eigenvalue weighted by Crippen LogP contribution is 2.35. The Bertz CT molecular complexity index is 644. The first-order chi connectivity index (χ1) is 11.1. The second kappa shape index (κ2) is 8.68. The van der Waals surface area contributed by atoms with Crippen LogP contribution >= 0.6 is 11.6 Å². The monoisotopic (exact) mass is 365 g/mol. The molecule has 1 amide bonds. The number of ether oxygens (including phenoxy) is 2. The quantitative estimate of drug-likeness (QED) is 0.572. The average molecular weight is 366 g/mol. The summed E-state index contributed by atoms with van der Waals surface area (Å²) < 4.78 is 47.2. The molecule has 0 heterocycles. The van der Waals surface area contributed by atoms with Gasteiger partial charge in [-0.3, -0.25) is 4.79 Å². The van der Waals surface area contributed by atoms with Crippen LogP contribution in [0, 0.1) is 0 Å². The number of hydrogen-bond donors (Lipinski definition) is 0. The Hall–Kier alpha value is -2.09. The number of nitrogens with zero attached hydrogens (tertiary/aromatic N) is 1. The summed E-state index contributed by atoms with van der Waals surface area (Å²) >= 11 is 5.56. The molecule has 1 aromatic rings. The molecular formula is C15H15ClF3NO4. The van der Waals surface area contributed by atoms with Gasteiger partial charge in [0.1, 0.15) is 6.61 Å². The highest BCUT2D eigenvalue weighted by Gasteiger charge is 2.33. The Balaban J connectivity index is 2.61. The molecule has 0 spiro atoms. The van der Waals surface area contributed by atoms with Gasteiger partial charge >= 0.3 is 18.2 Å². The summed E-state index contributed by atoms with van der Waals surface area (Å²) in [6.07, 6.45) is -5.68. The number of esters is 1. The van der Waals surface area contributed by atoms with Gasteiger partial charge in [0.25, 0.3) is 0 Å². The van der Waals surface area contributed by atoms with E-state index < -0.39 is 28.8 Å². The molecule has 1 aromatic carbocycles. The van der Waals surface area contributed by atoms with E-state index in [0.29, 0.717) is 0 Å². The van der Waals surface area contributed by atoms with Crippen molar-refractivity contribution in [1.29, 1.82) is 0 Å². The zero-order valence-corrected chi connectivity index (χ0v) is 13.7. The van der Waals surface area contributed by atoms with Crippen LogP contribution < -0.4 is 0 Å². The highest BCUT2D eigenvalue weighted by molar-refractivity contribution is 6.31. The lowest BCUT2D eigenvalue weighted by molar-refractivity contribution is -0.141. The maximum absolute atomic E-state index is 12.6. The Labute approximate surface area is 141 Å². The van der Waals surface area contributed by atoms with Crippen molar-refractivity contribution in [3.8, 4) is 0 Å². The molecule has 0 saturated carbocycles. The number of hydrogen-bond acceptors (Lipinski definition) is 4. The molecule has 0 aliphatic heterocycles. The van der Waals surface area contributed by atoms with Gasteiger partial charge in [0.05, 0.1) is 23.6 Å². The zero-order valence-electron chi connectivity index (χ0n) is 12.9. The maximum Gasteiger partial charge on any atom is 0.433 e. The summed E-state index contributed by atoms with van der Waals surface area (Å²) in [7, 11) is 0. The first-order valence-electron chi connectivity index (χ1n) is 6.85. The van der Waals surface area contributed by atoms with Gasteiger partial charge in [-0.05, 0) is 31.5 Å². The van der Waals surface area contributed by atoms with E-state index in [1.807, 2.05) is 0 Å². The smallest absolute Gasteiger partial charge is 0.433 e. The third-order valence-electron chi connectivity index (χ3n) is 2.69. The number of rotatable bonds is 5. The summed E-state index contributed by atoms with van der Waals surface area (Å²) in [5.41, 5.74) is -0.494. The third-order valence-corrected chi connectivity index (χ3v) is 3.00. The van der Waals surface area contributed by atoms with Crippen molar-refractivity contribution >= 4 is 29.4 Å². The molecule has 9 heteroatoms. The van der Waals surface area contributed by atoms with E-state index in [1.54, 1.807) is 6.92 Å². The molecule has 0 unspecified atom stereocenters. The number of amides is 1. The van der Waals surface area contributed by atoms with Gasteiger partial charge in [-0.25, -0.2) is 4.79 Å². The van der Waals surface area contributed by atoms with Crippen molar-refractivity contribution in [2.24, 2.45) is 4.99 Å². The fourth-order valence-corrected chi connectivity index (χ4v) is 1.98. The Morgan fingerprint density at radius 2 is 1.92 bits per heavy atom. The minimum Gasteiger partial charge on any atom is -0.466 e. The Morgan fingerprint density at radius 3 is 2.46 bits per heavy atom. The van der Waals surface area contributed by atoms with Gasteiger partial charge in [0.2, 0.25) is 0 Å². The number of alkyl halides is 3. The van der Waals surface area contributed by atoms with Crippen LogP contribution in [-0.4, -0.2) is 24.4 Å². The molecule has 5 nitrogen and oxygen atoms in total. The Kier molecular flexibility index (Phi) is 7.21. The molecule has 1 rings (SSSR count). The molecule has 0 aromatic heterocycles. The molecule has 0 N–H and O–H groups in total. The third kappa shape index (κ3) is 6.57. The van der Waals surface area contributed by atoms with E-state index in [4.69, 9.17) is 21.1 Å². The van der Waals surface area contributed by atoms with Crippen molar-refractivity contribution in [3.63, 3.8) is 0 Å².